The summed E-state index contributed by atoms with van der Waals surface area (Å²) in [6.45, 7) is 25.1. The van der Waals surface area contributed by atoms with E-state index in [4.69, 9.17) is 32.1 Å². The fourth-order valence-corrected chi connectivity index (χ4v) is 9.38. The van der Waals surface area contributed by atoms with E-state index in [9.17, 15) is 10.5 Å². The van der Waals surface area contributed by atoms with E-state index >= 15 is 0 Å². The first-order chi connectivity index (χ1) is 24.2. The number of thiophene rings is 2. The van der Waals surface area contributed by atoms with Gasteiger partial charge in [0.1, 0.15) is 23.0 Å². The van der Waals surface area contributed by atoms with Crippen LogP contribution < -0.4 is 18.9 Å². The quantitative estimate of drug-likeness (QED) is 0.116. The Labute approximate surface area is 298 Å². The van der Waals surface area contributed by atoms with Crippen LogP contribution in [0.5, 0.6) is 23.0 Å². The maximum atomic E-state index is 10.2. The van der Waals surface area contributed by atoms with Gasteiger partial charge in [0.25, 0.3) is 11.4 Å². The molecule has 5 aromatic rings. The number of nitriles is 2. The monoisotopic (exact) mass is 694 g/mol. The van der Waals surface area contributed by atoms with Crippen LogP contribution in [0.4, 0.5) is 0 Å². The minimum atomic E-state index is 0.00245. The SMILES string of the molecule is [C-]#[N+]/C(C#N)=C1/c2cc(OC)ccc2-c2c1sc1c(OCC(C)C)c3c4c(sc3c(OCC(C)C)c21)/C(=C(\C#N)[N+]#[C-])c1cc(OC)ccc1-4. The van der Waals surface area contributed by atoms with Crippen molar-refractivity contribution in [2.75, 3.05) is 27.4 Å². The van der Waals surface area contributed by atoms with Gasteiger partial charge in [-0.3, -0.25) is 0 Å². The normalized spacial score (nSPS) is 14.3. The molecular weight excluding hydrogens is 665 g/mol. The average molecular weight is 695 g/mol. The summed E-state index contributed by atoms with van der Waals surface area (Å²) in [5, 5.41) is 22.0. The van der Waals surface area contributed by atoms with Crippen molar-refractivity contribution in [3.8, 4) is 57.4 Å². The average Bonchev–Trinajstić information content (AvgIpc) is 3.85. The van der Waals surface area contributed by atoms with Gasteiger partial charge in [-0.25, -0.2) is 20.2 Å². The highest BCUT2D eigenvalue weighted by atomic mass is 32.1. The Morgan fingerprint density at radius 1 is 0.680 bits per heavy atom. The molecule has 0 saturated carbocycles. The molecule has 0 spiro atoms. The highest BCUT2D eigenvalue weighted by molar-refractivity contribution is 7.23. The Morgan fingerprint density at radius 2 is 1.08 bits per heavy atom. The van der Waals surface area contributed by atoms with Gasteiger partial charge in [0.15, 0.2) is 0 Å². The molecule has 2 heterocycles. The molecule has 0 atom stereocenters. The number of allylic oxidation sites excluding steroid dienone is 2. The van der Waals surface area contributed by atoms with Crippen molar-refractivity contribution >= 4 is 54.0 Å². The van der Waals surface area contributed by atoms with E-state index in [1.165, 1.54) is 22.7 Å². The van der Waals surface area contributed by atoms with Gasteiger partial charge in [-0.05, 0) is 58.4 Å². The van der Waals surface area contributed by atoms with Crippen LogP contribution in [-0.4, -0.2) is 27.4 Å². The first-order valence-corrected chi connectivity index (χ1v) is 17.6. The van der Waals surface area contributed by atoms with Crippen molar-refractivity contribution in [1.29, 1.82) is 10.5 Å². The maximum Gasteiger partial charge on any atom is 0.271 e. The number of ether oxygens (including phenoxy) is 4. The van der Waals surface area contributed by atoms with Gasteiger partial charge in [-0.15, -0.1) is 22.7 Å². The summed E-state index contributed by atoms with van der Waals surface area (Å²) in [5.74, 6) is 3.03. The Morgan fingerprint density at radius 3 is 1.40 bits per heavy atom. The van der Waals surface area contributed by atoms with E-state index < -0.39 is 0 Å². The van der Waals surface area contributed by atoms with Crippen LogP contribution in [-0.2, 0) is 0 Å². The Kier molecular flexibility index (Phi) is 8.25. The largest absolute Gasteiger partial charge is 0.497 e. The predicted molar refractivity (Wildman–Crippen MR) is 198 cm³/mol. The molecule has 0 radical (unpaired) electrons. The van der Waals surface area contributed by atoms with E-state index in [1.807, 2.05) is 36.4 Å². The summed E-state index contributed by atoms with van der Waals surface area (Å²) < 4.78 is 26.4. The molecule has 0 unspecified atom stereocenters. The summed E-state index contributed by atoms with van der Waals surface area (Å²) in [7, 11) is 3.19. The van der Waals surface area contributed by atoms with Crippen molar-refractivity contribution in [3.05, 3.63) is 91.5 Å². The molecule has 8 nitrogen and oxygen atoms in total. The highest BCUT2D eigenvalue weighted by Crippen LogP contribution is 2.64. The molecule has 0 fully saturated rings. The zero-order valence-electron chi connectivity index (χ0n) is 28.3. The summed E-state index contributed by atoms with van der Waals surface area (Å²) in [6, 6.07) is 15.8. The first-order valence-electron chi connectivity index (χ1n) is 16.0. The van der Waals surface area contributed by atoms with Crippen LogP contribution in [0.3, 0.4) is 0 Å². The molecule has 10 heteroatoms. The molecule has 0 aliphatic heterocycles. The molecular formula is C40H30N4O4S2. The third-order valence-corrected chi connectivity index (χ3v) is 11.1. The van der Waals surface area contributed by atoms with Crippen LogP contribution in [0, 0.1) is 47.6 Å². The molecule has 2 aromatic heterocycles. The number of rotatable bonds is 8. The minimum absolute atomic E-state index is 0.00245. The van der Waals surface area contributed by atoms with E-state index in [-0.39, 0.29) is 23.2 Å². The van der Waals surface area contributed by atoms with Crippen molar-refractivity contribution < 1.29 is 18.9 Å². The Balaban J connectivity index is 1.70. The number of benzene rings is 3. The summed E-state index contributed by atoms with van der Waals surface area (Å²) in [4.78, 5) is 8.92. The number of methoxy groups -OCH3 is 2. The summed E-state index contributed by atoms with van der Waals surface area (Å²) in [6.07, 6.45) is 0. The standard InChI is InChI=1S/C40H30N4O4S2/c1-19(2)17-47-35-33-31-23-11-9-21(45-7)13-25(23)29(27(15-41)43-5)37(31)50-40(33)36(48-18-20(3)4)34-32-24-12-10-22(46-8)14-26(24)30(28(16-42)44-6)38(32)49-39(34)35/h9-14,19-20H,17-18H2,1-4,7-8H3/b29-27-,30-28+. The van der Waals surface area contributed by atoms with E-state index in [1.54, 1.807) is 14.2 Å². The summed E-state index contributed by atoms with van der Waals surface area (Å²) >= 11 is 2.98. The van der Waals surface area contributed by atoms with Gasteiger partial charge in [0, 0.05) is 42.8 Å². The fourth-order valence-electron chi connectivity index (χ4n) is 6.62. The van der Waals surface area contributed by atoms with Crippen molar-refractivity contribution in [3.63, 3.8) is 0 Å². The van der Waals surface area contributed by atoms with Crippen LogP contribution >= 0.6 is 22.7 Å². The molecule has 0 bridgehead atoms. The second-order valence-electron chi connectivity index (χ2n) is 12.8. The van der Waals surface area contributed by atoms with Gasteiger partial charge >= 0.3 is 0 Å². The molecule has 0 N–H and O–H groups in total. The third-order valence-electron chi connectivity index (χ3n) is 8.70. The minimum Gasteiger partial charge on any atom is -0.497 e. The van der Waals surface area contributed by atoms with Crippen molar-refractivity contribution in [2.45, 2.75) is 27.7 Å². The van der Waals surface area contributed by atoms with Crippen molar-refractivity contribution in [1.82, 2.24) is 0 Å². The van der Waals surface area contributed by atoms with Gasteiger partial charge in [-0.2, -0.15) is 0 Å². The number of hydrogen-bond acceptors (Lipinski definition) is 8. The van der Waals surface area contributed by atoms with Gasteiger partial charge in [0.2, 0.25) is 0 Å². The second kappa shape index (κ2) is 12.6. The van der Waals surface area contributed by atoms with Crippen molar-refractivity contribution in [2.24, 2.45) is 11.8 Å². The van der Waals surface area contributed by atoms with E-state index in [2.05, 4.69) is 49.5 Å². The Hall–Kier alpha value is -5.78. The smallest absolute Gasteiger partial charge is 0.271 e. The van der Waals surface area contributed by atoms with E-state index in [0.717, 1.165) is 63.3 Å². The molecule has 50 heavy (non-hydrogen) atoms. The van der Waals surface area contributed by atoms with Crippen LogP contribution in [0.1, 0.15) is 48.6 Å². The van der Waals surface area contributed by atoms with Gasteiger partial charge < -0.3 is 18.9 Å². The second-order valence-corrected chi connectivity index (χ2v) is 14.8. The maximum absolute atomic E-state index is 10.2. The lowest BCUT2D eigenvalue weighted by Gasteiger charge is -2.18. The number of hydrogen-bond donors (Lipinski definition) is 0. The van der Waals surface area contributed by atoms with Crippen LogP contribution in [0.2, 0.25) is 0 Å². The van der Waals surface area contributed by atoms with Gasteiger partial charge in [0.05, 0.1) is 62.1 Å². The first kappa shape index (κ1) is 32.8. The molecule has 0 amide bonds. The molecule has 2 aliphatic rings. The molecule has 0 saturated heterocycles. The lowest BCUT2D eigenvalue weighted by atomic mass is 9.98. The molecule has 246 valence electrons. The highest BCUT2D eigenvalue weighted by Gasteiger charge is 2.39. The lowest BCUT2D eigenvalue weighted by molar-refractivity contribution is 0.273. The topological polar surface area (TPSA) is 93.2 Å². The Bertz CT molecular complexity index is 2320. The van der Waals surface area contributed by atoms with Crippen LogP contribution in [0.15, 0.2) is 47.8 Å². The van der Waals surface area contributed by atoms with E-state index in [0.29, 0.717) is 47.4 Å². The van der Waals surface area contributed by atoms with Gasteiger partial charge in [-0.1, -0.05) is 39.8 Å². The molecule has 3 aromatic carbocycles. The number of fused-ring (bicyclic) bond motifs is 10. The third kappa shape index (κ3) is 4.80. The predicted octanol–water partition coefficient (Wildman–Crippen LogP) is 10.6. The van der Waals surface area contributed by atoms with Crippen LogP contribution in [0.25, 0.3) is 63.3 Å². The fraction of sp³-hybridized carbons (Fsp3) is 0.250. The molecule has 7 rings (SSSR count). The summed E-state index contributed by atoms with van der Waals surface area (Å²) in [5.41, 5.74) is 6.20. The number of nitrogens with zero attached hydrogens (tertiary/aromatic N) is 4. The molecule has 2 aliphatic carbocycles. The zero-order chi connectivity index (χ0) is 35.4. The lowest BCUT2D eigenvalue weighted by Crippen LogP contribution is -2.07. The zero-order valence-corrected chi connectivity index (χ0v) is 29.9.